The molecule has 0 saturated heterocycles. The van der Waals surface area contributed by atoms with E-state index in [1.807, 2.05) is 24.3 Å². The maximum absolute atomic E-state index is 6.33. The number of hydrogen-bond donors (Lipinski definition) is 0. The summed E-state index contributed by atoms with van der Waals surface area (Å²) in [6.45, 7) is 0.279. The van der Waals surface area contributed by atoms with Crippen molar-refractivity contribution in [2.24, 2.45) is 5.10 Å². The predicted octanol–water partition coefficient (Wildman–Crippen LogP) is 4.72. The van der Waals surface area contributed by atoms with Crippen molar-refractivity contribution in [2.45, 2.75) is 18.7 Å². The molecule has 0 fully saturated rings. The normalized spacial score (nSPS) is 22.1. The summed E-state index contributed by atoms with van der Waals surface area (Å²) in [4.78, 5) is 0. The van der Waals surface area contributed by atoms with E-state index < -0.39 is 0 Å². The zero-order chi connectivity index (χ0) is 17.8. The molecule has 1 aromatic heterocycles. The minimum Gasteiger partial charge on any atom is -0.464 e. The lowest BCUT2D eigenvalue weighted by molar-refractivity contribution is -0.0187. The van der Waals surface area contributed by atoms with Gasteiger partial charge in [-0.1, -0.05) is 18.2 Å². The SMILES string of the molecule is c1ccc2c(c1)O[C@H](c1ccsc1)N1N=C(c3ccc4c(c3)OCO4)C[C@H]21. The molecule has 6 rings (SSSR count). The zero-order valence-corrected chi connectivity index (χ0v) is 15.2. The molecule has 0 spiro atoms. The fourth-order valence-corrected chi connectivity index (χ4v) is 4.59. The summed E-state index contributed by atoms with van der Waals surface area (Å²) in [6.07, 6.45) is 0.628. The molecule has 4 heterocycles. The van der Waals surface area contributed by atoms with Gasteiger partial charge in [0.2, 0.25) is 13.0 Å². The number of para-hydroxylation sites is 1. The molecule has 0 N–H and O–H groups in total. The van der Waals surface area contributed by atoms with Crippen LogP contribution < -0.4 is 14.2 Å². The third kappa shape index (κ3) is 2.33. The van der Waals surface area contributed by atoms with Gasteiger partial charge in [-0.2, -0.15) is 16.4 Å². The van der Waals surface area contributed by atoms with Crippen molar-refractivity contribution >= 4 is 17.0 Å². The minimum absolute atomic E-state index is 0.167. The zero-order valence-electron chi connectivity index (χ0n) is 14.4. The number of rotatable bonds is 2. The average Bonchev–Trinajstić information content (AvgIpc) is 3.47. The van der Waals surface area contributed by atoms with Crippen molar-refractivity contribution < 1.29 is 14.2 Å². The number of nitrogens with zero attached hydrogens (tertiary/aromatic N) is 2. The molecule has 0 saturated carbocycles. The molecule has 3 aliphatic rings. The van der Waals surface area contributed by atoms with Crippen LogP contribution in [-0.2, 0) is 0 Å². The molecule has 0 amide bonds. The van der Waals surface area contributed by atoms with Crippen LogP contribution in [0.5, 0.6) is 17.2 Å². The molecular weight excluding hydrogens is 360 g/mol. The van der Waals surface area contributed by atoms with E-state index in [1.54, 1.807) is 11.3 Å². The molecule has 134 valence electrons. The van der Waals surface area contributed by atoms with E-state index in [1.165, 1.54) is 5.56 Å². The van der Waals surface area contributed by atoms with Gasteiger partial charge < -0.3 is 14.2 Å². The molecule has 3 aromatic rings. The van der Waals surface area contributed by atoms with Gasteiger partial charge in [0.05, 0.1) is 11.8 Å². The predicted molar refractivity (Wildman–Crippen MR) is 102 cm³/mol. The molecule has 0 unspecified atom stereocenters. The number of hydrogen-bond acceptors (Lipinski definition) is 6. The van der Waals surface area contributed by atoms with Crippen molar-refractivity contribution in [2.75, 3.05) is 6.79 Å². The largest absolute Gasteiger partial charge is 0.464 e. The van der Waals surface area contributed by atoms with Gasteiger partial charge in [0.15, 0.2) is 11.5 Å². The molecule has 2 aromatic carbocycles. The molecule has 6 heteroatoms. The van der Waals surface area contributed by atoms with Crippen LogP contribution >= 0.6 is 11.3 Å². The van der Waals surface area contributed by atoms with Crippen molar-refractivity contribution in [3.8, 4) is 17.2 Å². The first-order chi connectivity index (χ1) is 13.4. The Hall–Kier alpha value is -2.99. The van der Waals surface area contributed by atoms with E-state index in [2.05, 4.69) is 40.0 Å². The van der Waals surface area contributed by atoms with Crippen LogP contribution in [0.3, 0.4) is 0 Å². The number of fused-ring (bicyclic) bond motifs is 4. The summed E-state index contributed by atoms with van der Waals surface area (Å²) in [5.74, 6) is 2.52. The van der Waals surface area contributed by atoms with E-state index in [4.69, 9.17) is 19.3 Å². The third-order valence-corrected chi connectivity index (χ3v) is 5.93. The molecule has 2 atom stereocenters. The Morgan fingerprint density at radius 3 is 2.85 bits per heavy atom. The first kappa shape index (κ1) is 15.1. The summed E-state index contributed by atoms with van der Waals surface area (Å²) in [5.41, 5.74) is 4.42. The molecule has 0 bridgehead atoms. The number of ether oxygens (including phenoxy) is 3. The van der Waals surface area contributed by atoms with E-state index in [0.29, 0.717) is 0 Å². The Morgan fingerprint density at radius 2 is 1.93 bits per heavy atom. The van der Waals surface area contributed by atoms with Gasteiger partial charge in [-0.05, 0) is 41.1 Å². The molecule has 27 heavy (non-hydrogen) atoms. The van der Waals surface area contributed by atoms with Gasteiger partial charge in [-0.25, -0.2) is 5.01 Å². The number of hydrazone groups is 1. The number of thiophene rings is 1. The van der Waals surface area contributed by atoms with Crippen molar-refractivity contribution in [1.82, 2.24) is 5.01 Å². The van der Waals surface area contributed by atoms with Crippen LogP contribution in [0.25, 0.3) is 0 Å². The van der Waals surface area contributed by atoms with Crippen LogP contribution in [0, 0.1) is 0 Å². The van der Waals surface area contributed by atoms with Crippen LogP contribution in [0.1, 0.15) is 35.4 Å². The molecule has 0 aliphatic carbocycles. The summed E-state index contributed by atoms with van der Waals surface area (Å²) in [7, 11) is 0. The second-order valence-electron chi connectivity index (χ2n) is 6.78. The summed E-state index contributed by atoms with van der Waals surface area (Å²) in [6, 6.07) is 16.6. The van der Waals surface area contributed by atoms with Crippen LogP contribution in [0.4, 0.5) is 0 Å². The van der Waals surface area contributed by atoms with Gasteiger partial charge in [-0.15, -0.1) is 0 Å². The van der Waals surface area contributed by atoms with E-state index in [-0.39, 0.29) is 19.1 Å². The van der Waals surface area contributed by atoms with Crippen LogP contribution in [-0.4, -0.2) is 17.5 Å². The highest BCUT2D eigenvalue weighted by Gasteiger charge is 2.41. The maximum atomic E-state index is 6.33. The van der Waals surface area contributed by atoms with Gasteiger partial charge >= 0.3 is 0 Å². The molecule has 3 aliphatic heterocycles. The molecular formula is C21H16N2O3S. The lowest BCUT2D eigenvalue weighted by Gasteiger charge is -2.37. The van der Waals surface area contributed by atoms with Gasteiger partial charge in [0.25, 0.3) is 0 Å². The summed E-state index contributed by atoms with van der Waals surface area (Å²) >= 11 is 1.67. The average molecular weight is 376 g/mol. The monoisotopic (exact) mass is 376 g/mol. The first-order valence-electron chi connectivity index (χ1n) is 8.90. The van der Waals surface area contributed by atoms with Gasteiger partial charge in [0, 0.05) is 23.1 Å². The van der Waals surface area contributed by atoms with E-state index >= 15 is 0 Å². The highest BCUT2D eigenvalue weighted by molar-refractivity contribution is 7.07. The van der Waals surface area contributed by atoms with Gasteiger partial charge in [0.1, 0.15) is 5.75 Å². The highest BCUT2D eigenvalue weighted by atomic mass is 32.1. The van der Waals surface area contributed by atoms with E-state index in [9.17, 15) is 0 Å². The van der Waals surface area contributed by atoms with Crippen molar-refractivity contribution in [3.63, 3.8) is 0 Å². The Bertz CT molecular complexity index is 1050. The fraction of sp³-hybridized carbons (Fsp3) is 0.190. The topological polar surface area (TPSA) is 43.3 Å². The van der Waals surface area contributed by atoms with Crippen molar-refractivity contribution in [3.05, 3.63) is 76.0 Å². The first-order valence-corrected chi connectivity index (χ1v) is 9.84. The Kier molecular flexibility index (Phi) is 3.22. The smallest absolute Gasteiger partial charge is 0.231 e. The second-order valence-corrected chi connectivity index (χ2v) is 7.56. The van der Waals surface area contributed by atoms with Crippen LogP contribution in [0.2, 0.25) is 0 Å². The standard InChI is InChI=1S/C21H16N2O3S/c1-2-4-18-15(3-1)17-10-16(13-5-6-19-20(9-13)25-12-24-19)22-23(17)21(26-18)14-7-8-27-11-14/h1-9,11,17,21H,10,12H2/t17-,21-/m1/s1. The highest BCUT2D eigenvalue weighted by Crippen LogP contribution is 2.48. The fourth-order valence-electron chi connectivity index (χ4n) is 3.92. The Labute approximate surface area is 160 Å². The second kappa shape index (κ2) is 5.76. The Morgan fingerprint density at radius 1 is 1.00 bits per heavy atom. The maximum Gasteiger partial charge on any atom is 0.231 e. The van der Waals surface area contributed by atoms with Crippen molar-refractivity contribution in [1.29, 1.82) is 0 Å². The van der Waals surface area contributed by atoms with E-state index in [0.717, 1.165) is 40.5 Å². The molecule has 0 radical (unpaired) electrons. The third-order valence-electron chi connectivity index (χ3n) is 5.23. The summed E-state index contributed by atoms with van der Waals surface area (Å²) < 4.78 is 17.3. The quantitative estimate of drug-likeness (QED) is 0.649. The van der Waals surface area contributed by atoms with Gasteiger partial charge in [-0.3, -0.25) is 0 Å². The lowest BCUT2D eigenvalue weighted by atomic mass is 9.96. The molecule has 5 nitrogen and oxygen atoms in total. The number of benzene rings is 2. The lowest BCUT2D eigenvalue weighted by Crippen LogP contribution is -2.33. The minimum atomic E-state index is -0.206. The Balaban J connectivity index is 1.43. The van der Waals surface area contributed by atoms with Crippen LogP contribution in [0.15, 0.2) is 64.4 Å². The summed E-state index contributed by atoms with van der Waals surface area (Å²) in [5, 5.41) is 11.3.